The van der Waals surface area contributed by atoms with Gasteiger partial charge in [0, 0.05) is 38.3 Å². The quantitative estimate of drug-likeness (QED) is 0.482. The molecule has 1 saturated heterocycles. The van der Waals surface area contributed by atoms with Gasteiger partial charge in [-0.1, -0.05) is 63.8 Å². The van der Waals surface area contributed by atoms with E-state index in [4.69, 9.17) is 0 Å². The molecule has 2 aliphatic rings. The van der Waals surface area contributed by atoms with Crippen molar-refractivity contribution in [3.63, 3.8) is 0 Å². The van der Waals surface area contributed by atoms with Crippen molar-refractivity contribution in [3.8, 4) is 0 Å². The van der Waals surface area contributed by atoms with Crippen molar-refractivity contribution >= 4 is 0 Å². The Hall–Kier alpha value is -1.02. The van der Waals surface area contributed by atoms with Gasteiger partial charge in [0.05, 0.1) is 0 Å². The molecule has 0 amide bonds. The third kappa shape index (κ3) is 6.18. The smallest absolute Gasteiger partial charge is 0.0303 e. The second kappa shape index (κ2) is 9.97. The minimum Gasteiger partial charge on any atom is -0.372 e. The predicted molar refractivity (Wildman–Crippen MR) is 102 cm³/mol. The van der Waals surface area contributed by atoms with Crippen LogP contribution in [0.4, 0.5) is 0 Å². The maximum atomic E-state index is 2.65. The molecule has 0 unspecified atom stereocenters. The first-order chi connectivity index (χ1) is 11.2. The van der Waals surface area contributed by atoms with Crippen molar-refractivity contribution in [1.82, 2.24) is 9.80 Å². The third-order valence-corrected chi connectivity index (χ3v) is 5.20. The van der Waals surface area contributed by atoms with Crippen LogP contribution in [0.15, 0.2) is 35.6 Å². The molecule has 1 heterocycles. The largest absolute Gasteiger partial charge is 0.372 e. The van der Waals surface area contributed by atoms with E-state index in [0.717, 1.165) is 12.8 Å². The molecule has 2 heteroatoms. The summed E-state index contributed by atoms with van der Waals surface area (Å²) in [5.41, 5.74) is 3.09. The molecular weight excluding hydrogens is 280 g/mol. The normalized spacial score (nSPS) is 26.2. The van der Waals surface area contributed by atoms with Crippen molar-refractivity contribution in [2.45, 2.75) is 59.3 Å². The van der Waals surface area contributed by atoms with Gasteiger partial charge in [0.2, 0.25) is 0 Å². The average molecular weight is 317 g/mol. The summed E-state index contributed by atoms with van der Waals surface area (Å²) >= 11 is 0. The minimum absolute atomic E-state index is 0.666. The van der Waals surface area contributed by atoms with Crippen LogP contribution in [0, 0.1) is 5.92 Å². The zero-order valence-electron chi connectivity index (χ0n) is 15.6. The van der Waals surface area contributed by atoms with E-state index in [1.807, 2.05) is 0 Å². The number of unbranched alkanes of at least 4 members (excludes halogenated alkanes) is 3. The number of allylic oxidation sites excluding steroid dienone is 5. The first kappa shape index (κ1) is 18.3. The summed E-state index contributed by atoms with van der Waals surface area (Å²) in [5.74, 6) is 0.666. The van der Waals surface area contributed by atoms with Gasteiger partial charge < -0.3 is 4.90 Å². The molecule has 0 aromatic carbocycles. The second-order valence-electron chi connectivity index (χ2n) is 7.32. The van der Waals surface area contributed by atoms with E-state index < -0.39 is 0 Å². The maximum Gasteiger partial charge on any atom is 0.0303 e. The zero-order chi connectivity index (χ0) is 16.5. The molecule has 0 aromatic rings. The van der Waals surface area contributed by atoms with Gasteiger partial charge in [0.1, 0.15) is 0 Å². The summed E-state index contributed by atoms with van der Waals surface area (Å²) in [6.45, 7) is 13.0. The SMILES string of the molecule is CCCCCCN1CCN(/C2=C/C=C/C/C(C(C)C)=C\C2)CC1. The molecule has 23 heavy (non-hydrogen) atoms. The molecule has 0 N–H and O–H groups in total. The lowest BCUT2D eigenvalue weighted by atomic mass is 9.96. The fraction of sp³-hybridized carbons (Fsp3) is 0.714. The van der Waals surface area contributed by atoms with Crippen molar-refractivity contribution < 1.29 is 0 Å². The van der Waals surface area contributed by atoms with Crippen LogP contribution in [-0.2, 0) is 0 Å². The van der Waals surface area contributed by atoms with E-state index in [0.29, 0.717) is 5.92 Å². The highest BCUT2D eigenvalue weighted by molar-refractivity contribution is 5.23. The molecular formula is C21H36N2. The maximum absolute atomic E-state index is 2.65. The van der Waals surface area contributed by atoms with E-state index in [-0.39, 0.29) is 0 Å². The summed E-state index contributed by atoms with van der Waals surface area (Å²) in [6.07, 6.45) is 17.1. The third-order valence-electron chi connectivity index (χ3n) is 5.20. The highest BCUT2D eigenvalue weighted by Crippen LogP contribution is 2.22. The van der Waals surface area contributed by atoms with Crippen LogP contribution in [0.2, 0.25) is 0 Å². The molecule has 1 fully saturated rings. The van der Waals surface area contributed by atoms with Gasteiger partial charge >= 0.3 is 0 Å². The first-order valence-corrected chi connectivity index (χ1v) is 9.72. The van der Waals surface area contributed by atoms with Crippen LogP contribution >= 0.6 is 0 Å². The van der Waals surface area contributed by atoms with Crippen LogP contribution in [0.1, 0.15) is 59.3 Å². The molecule has 0 radical (unpaired) electrons. The Kier molecular flexibility index (Phi) is 7.94. The number of hydrogen-bond acceptors (Lipinski definition) is 2. The molecule has 0 aromatic heterocycles. The second-order valence-corrected chi connectivity index (χ2v) is 7.32. The molecule has 130 valence electrons. The Labute approximate surface area is 143 Å². The molecule has 1 aliphatic carbocycles. The fourth-order valence-electron chi connectivity index (χ4n) is 3.50. The van der Waals surface area contributed by atoms with E-state index in [2.05, 4.69) is 54.9 Å². The molecule has 0 atom stereocenters. The Morgan fingerprint density at radius 1 is 1.00 bits per heavy atom. The van der Waals surface area contributed by atoms with Gasteiger partial charge in [-0.2, -0.15) is 0 Å². The zero-order valence-corrected chi connectivity index (χ0v) is 15.6. The van der Waals surface area contributed by atoms with Crippen molar-refractivity contribution in [2.24, 2.45) is 5.92 Å². The lowest BCUT2D eigenvalue weighted by molar-refractivity contribution is 0.155. The van der Waals surface area contributed by atoms with Gasteiger partial charge in [-0.15, -0.1) is 0 Å². The highest BCUT2D eigenvalue weighted by Gasteiger charge is 2.18. The van der Waals surface area contributed by atoms with Crippen LogP contribution < -0.4 is 0 Å². The van der Waals surface area contributed by atoms with Gasteiger partial charge in [0.15, 0.2) is 0 Å². The Balaban J connectivity index is 1.80. The predicted octanol–water partition coefficient (Wildman–Crippen LogP) is 5.00. The molecule has 1 aliphatic heterocycles. The number of hydrogen-bond donors (Lipinski definition) is 0. The van der Waals surface area contributed by atoms with Crippen molar-refractivity contribution in [1.29, 1.82) is 0 Å². The van der Waals surface area contributed by atoms with Crippen LogP contribution in [0.5, 0.6) is 0 Å². The number of piperazine rings is 1. The van der Waals surface area contributed by atoms with Crippen LogP contribution in [-0.4, -0.2) is 42.5 Å². The number of nitrogens with zero attached hydrogens (tertiary/aromatic N) is 2. The first-order valence-electron chi connectivity index (χ1n) is 9.72. The summed E-state index contributed by atoms with van der Waals surface area (Å²) in [5, 5.41) is 0. The number of rotatable bonds is 7. The van der Waals surface area contributed by atoms with Gasteiger partial charge in [-0.25, -0.2) is 0 Å². The Morgan fingerprint density at radius 3 is 2.48 bits per heavy atom. The monoisotopic (exact) mass is 316 g/mol. The summed E-state index contributed by atoms with van der Waals surface area (Å²) in [6, 6.07) is 0. The van der Waals surface area contributed by atoms with Gasteiger partial charge in [-0.05, 0) is 31.4 Å². The van der Waals surface area contributed by atoms with Crippen LogP contribution in [0.25, 0.3) is 0 Å². The van der Waals surface area contributed by atoms with E-state index in [1.54, 1.807) is 5.57 Å². The summed E-state index contributed by atoms with van der Waals surface area (Å²) in [4.78, 5) is 5.26. The lowest BCUT2D eigenvalue weighted by Crippen LogP contribution is -2.46. The van der Waals surface area contributed by atoms with Crippen molar-refractivity contribution in [2.75, 3.05) is 32.7 Å². The lowest BCUT2D eigenvalue weighted by Gasteiger charge is -2.37. The molecule has 0 bridgehead atoms. The minimum atomic E-state index is 0.666. The Bertz CT molecular complexity index is 423. The van der Waals surface area contributed by atoms with Gasteiger partial charge in [-0.3, -0.25) is 4.90 Å². The standard InChI is InChI=1S/C21H36N2/c1-4-5-6-9-14-22-15-17-23(18-16-22)21-11-8-7-10-20(12-13-21)19(2)3/h7-8,11-12,19H,4-6,9-10,13-18H2,1-3H3/b8-7+,20-12+,21-11+. The molecule has 0 spiro atoms. The summed E-state index contributed by atoms with van der Waals surface area (Å²) < 4.78 is 0. The van der Waals surface area contributed by atoms with Crippen LogP contribution in [0.3, 0.4) is 0 Å². The van der Waals surface area contributed by atoms with Crippen molar-refractivity contribution in [3.05, 3.63) is 35.6 Å². The molecule has 2 rings (SSSR count). The van der Waals surface area contributed by atoms with E-state index in [1.165, 1.54) is 64.1 Å². The topological polar surface area (TPSA) is 6.48 Å². The molecule has 2 nitrogen and oxygen atoms in total. The molecule has 0 saturated carbocycles. The average Bonchev–Trinajstić information content (AvgIpc) is 2.52. The van der Waals surface area contributed by atoms with Gasteiger partial charge in [0.25, 0.3) is 0 Å². The van der Waals surface area contributed by atoms with E-state index >= 15 is 0 Å². The Morgan fingerprint density at radius 2 is 1.78 bits per heavy atom. The van der Waals surface area contributed by atoms with E-state index in [9.17, 15) is 0 Å². The fourth-order valence-corrected chi connectivity index (χ4v) is 3.50. The summed E-state index contributed by atoms with van der Waals surface area (Å²) in [7, 11) is 0. The highest BCUT2D eigenvalue weighted by atomic mass is 15.3.